The molecule has 2 N–H and O–H groups in total. The summed E-state index contributed by atoms with van der Waals surface area (Å²) >= 11 is 6.19. The molecule has 5 rings (SSSR count). The number of benzene rings is 2. The van der Waals surface area contributed by atoms with Gasteiger partial charge >= 0.3 is 6.03 Å². The number of nitrogens with zero attached hydrogens (tertiary/aromatic N) is 3. The van der Waals surface area contributed by atoms with Crippen molar-refractivity contribution in [2.75, 3.05) is 30.4 Å². The number of amides is 3. The van der Waals surface area contributed by atoms with Gasteiger partial charge in [0.15, 0.2) is 0 Å². The summed E-state index contributed by atoms with van der Waals surface area (Å²) in [6.07, 6.45) is 8.21. The van der Waals surface area contributed by atoms with Gasteiger partial charge in [-0.05, 0) is 79.6 Å². The molecule has 1 saturated heterocycles. The summed E-state index contributed by atoms with van der Waals surface area (Å²) in [4.78, 5) is 34.6. The number of aromatic nitrogens is 1. The number of hydrogen-bond donors (Lipinski definition) is 2. The van der Waals surface area contributed by atoms with Gasteiger partial charge < -0.3 is 20.4 Å². The molecule has 1 aliphatic carbocycles. The summed E-state index contributed by atoms with van der Waals surface area (Å²) in [5.74, 6) is 0.0232. The van der Waals surface area contributed by atoms with Crippen LogP contribution in [0.4, 0.5) is 16.2 Å². The fourth-order valence-electron chi connectivity index (χ4n) is 5.40. The number of halogens is 1. The molecular formula is C29H32ClN5O2. The van der Waals surface area contributed by atoms with Gasteiger partial charge in [-0.3, -0.25) is 9.78 Å². The number of aryl methyl sites for hydroxylation is 1. The van der Waals surface area contributed by atoms with Crippen molar-refractivity contribution in [2.45, 2.75) is 44.2 Å². The molecule has 2 aliphatic rings. The second-order valence-electron chi connectivity index (χ2n) is 9.78. The lowest BCUT2D eigenvalue weighted by Crippen LogP contribution is -2.45. The first-order valence-corrected chi connectivity index (χ1v) is 13.2. The van der Waals surface area contributed by atoms with E-state index in [2.05, 4.69) is 20.5 Å². The molecule has 0 saturated carbocycles. The number of nitrogens with one attached hydrogen (secondary N) is 2. The van der Waals surface area contributed by atoms with Crippen LogP contribution in [0.25, 0.3) is 0 Å². The zero-order valence-corrected chi connectivity index (χ0v) is 21.7. The van der Waals surface area contributed by atoms with Crippen LogP contribution in [0, 0.1) is 0 Å². The van der Waals surface area contributed by atoms with Crippen molar-refractivity contribution in [3.8, 4) is 0 Å². The molecule has 1 unspecified atom stereocenters. The van der Waals surface area contributed by atoms with Gasteiger partial charge in [0, 0.05) is 49.8 Å². The molecule has 0 spiro atoms. The Bertz CT molecular complexity index is 1260. The van der Waals surface area contributed by atoms with E-state index in [0.29, 0.717) is 16.3 Å². The number of fused-ring (bicyclic) bond motifs is 1. The number of rotatable bonds is 5. The topological polar surface area (TPSA) is 77.6 Å². The zero-order chi connectivity index (χ0) is 25.8. The number of pyridine rings is 1. The van der Waals surface area contributed by atoms with Gasteiger partial charge in [0.2, 0.25) is 0 Å². The third kappa shape index (κ3) is 5.72. The van der Waals surface area contributed by atoms with Crippen LogP contribution in [0.5, 0.6) is 0 Å². The highest BCUT2D eigenvalue weighted by molar-refractivity contribution is 6.33. The first-order chi connectivity index (χ1) is 18.0. The van der Waals surface area contributed by atoms with Crippen molar-refractivity contribution in [2.24, 2.45) is 0 Å². The lowest BCUT2D eigenvalue weighted by molar-refractivity contribution is 0.0709. The Balaban J connectivity index is 1.24. The summed E-state index contributed by atoms with van der Waals surface area (Å²) in [6.45, 7) is 1.81. The third-order valence-electron chi connectivity index (χ3n) is 7.49. The molecule has 7 nitrogen and oxygen atoms in total. The molecule has 3 amide bonds. The smallest absolute Gasteiger partial charge is 0.319 e. The van der Waals surface area contributed by atoms with Crippen LogP contribution in [-0.2, 0) is 6.42 Å². The second kappa shape index (κ2) is 11.2. The first kappa shape index (κ1) is 25.1. The maximum absolute atomic E-state index is 13.5. The molecule has 2 aromatic carbocycles. The van der Waals surface area contributed by atoms with E-state index in [0.717, 1.165) is 50.8 Å². The Kier molecular flexibility index (Phi) is 7.60. The van der Waals surface area contributed by atoms with Crippen LogP contribution in [0.2, 0.25) is 5.02 Å². The Morgan fingerprint density at radius 2 is 1.78 bits per heavy atom. The Morgan fingerprint density at radius 1 is 1.03 bits per heavy atom. The van der Waals surface area contributed by atoms with Gasteiger partial charge in [-0.1, -0.05) is 29.8 Å². The number of hydrogen-bond acceptors (Lipinski definition) is 4. The molecule has 8 heteroatoms. The average molecular weight is 518 g/mol. The summed E-state index contributed by atoms with van der Waals surface area (Å²) < 4.78 is 0. The monoisotopic (exact) mass is 517 g/mol. The fourth-order valence-corrected chi connectivity index (χ4v) is 5.58. The van der Waals surface area contributed by atoms with Crippen molar-refractivity contribution in [1.29, 1.82) is 0 Å². The van der Waals surface area contributed by atoms with Crippen molar-refractivity contribution in [3.63, 3.8) is 0 Å². The number of urea groups is 1. The van der Waals surface area contributed by atoms with Crippen molar-refractivity contribution < 1.29 is 9.59 Å². The van der Waals surface area contributed by atoms with Crippen LogP contribution in [0.1, 0.15) is 53.2 Å². The molecule has 192 valence electrons. The average Bonchev–Trinajstić information content (AvgIpc) is 2.94. The van der Waals surface area contributed by atoms with Gasteiger partial charge in [-0.25, -0.2) is 4.79 Å². The van der Waals surface area contributed by atoms with E-state index < -0.39 is 0 Å². The molecule has 1 fully saturated rings. The molecule has 1 atom stereocenters. The highest BCUT2D eigenvalue weighted by Crippen LogP contribution is 2.32. The number of carbonyl (C=O) groups excluding carboxylic acids is 2. The lowest BCUT2D eigenvalue weighted by Gasteiger charge is -2.38. The van der Waals surface area contributed by atoms with Gasteiger partial charge in [0.1, 0.15) is 0 Å². The quantitative estimate of drug-likeness (QED) is 0.457. The molecule has 0 radical (unpaired) electrons. The fraction of sp³-hybridized carbons (Fsp3) is 0.345. The predicted octanol–water partition coefficient (Wildman–Crippen LogP) is 5.68. The van der Waals surface area contributed by atoms with E-state index in [1.54, 1.807) is 12.1 Å². The van der Waals surface area contributed by atoms with E-state index in [-0.39, 0.29) is 24.0 Å². The molecule has 1 aliphatic heterocycles. The van der Waals surface area contributed by atoms with Crippen molar-refractivity contribution in [3.05, 3.63) is 88.7 Å². The van der Waals surface area contributed by atoms with E-state index >= 15 is 0 Å². The highest BCUT2D eigenvalue weighted by atomic mass is 35.5. The zero-order valence-electron chi connectivity index (χ0n) is 21.0. The van der Waals surface area contributed by atoms with Gasteiger partial charge in [-0.15, -0.1) is 0 Å². The van der Waals surface area contributed by atoms with Crippen molar-refractivity contribution in [1.82, 2.24) is 15.2 Å². The maximum atomic E-state index is 13.5. The first-order valence-electron chi connectivity index (χ1n) is 12.9. The van der Waals surface area contributed by atoms with Gasteiger partial charge in [0.25, 0.3) is 5.91 Å². The SMILES string of the molecule is CN(C(=O)c1ccc2c(c1)C(NC(=O)Nc1ccccc1Cl)CCC2)C1CCN(c2ccncc2)CC1. The van der Waals surface area contributed by atoms with E-state index in [9.17, 15) is 9.59 Å². The van der Waals surface area contributed by atoms with Crippen LogP contribution in [0.15, 0.2) is 67.0 Å². The summed E-state index contributed by atoms with van der Waals surface area (Å²) in [7, 11) is 1.90. The van der Waals surface area contributed by atoms with Crippen molar-refractivity contribution >= 4 is 34.9 Å². The molecule has 3 aromatic rings. The number of piperidine rings is 1. The number of carbonyl (C=O) groups is 2. The molecular weight excluding hydrogens is 486 g/mol. The van der Waals surface area contributed by atoms with E-state index in [1.807, 2.05) is 66.8 Å². The number of anilines is 2. The summed E-state index contributed by atoms with van der Waals surface area (Å²) in [5.41, 5.74) is 4.61. The Hall–Kier alpha value is -3.58. The largest absolute Gasteiger partial charge is 0.371 e. The Morgan fingerprint density at radius 3 is 2.54 bits per heavy atom. The van der Waals surface area contributed by atoms with Gasteiger partial charge in [0.05, 0.1) is 16.8 Å². The Labute approximate surface area is 222 Å². The number of para-hydroxylation sites is 1. The third-order valence-corrected chi connectivity index (χ3v) is 7.82. The molecule has 2 heterocycles. The minimum absolute atomic E-state index is 0.0232. The minimum Gasteiger partial charge on any atom is -0.371 e. The molecule has 0 bridgehead atoms. The lowest BCUT2D eigenvalue weighted by atomic mass is 9.86. The summed E-state index contributed by atoms with van der Waals surface area (Å²) in [6, 6.07) is 16.9. The second-order valence-corrected chi connectivity index (χ2v) is 10.2. The minimum atomic E-state index is -0.305. The molecule has 37 heavy (non-hydrogen) atoms. The van der Waals surface area contributed by atoms with Crippen LogP contribution in [0.3, 0.4) is 0 Å². The predicted molar refractivity (Wildman–Crippen MR) is 147 cm³/mol. The molecule has 1 aromatic heterocycles. The summed E-state index contributed by atoms with van der Waals surface area (Å²) in [5, 5.41) is 6.41. The van der Waals surface area contributed by atoms with E-state index in [1.165, 1.54) is 11.3 Å². The van der Waals surface area contributed by atoms with E-state index in [4.69, 9.17) is 11.6 Å². The van der Waals surface area contributed by atoms with Crippen LogP contribution < -0.4 is 15.5 Å². The standard InChI is InChI=1S/C29H32ClN5O2/c1-34(22-13-17-35(18-14-22)23-11-15-31-16-12-23)28(36)21-10-9-20-5-4-8-26(24(20)19-21)32-29(37)33-27-7-3-2-6-25(27)30/h2-3,6-7,9-12,15-16,19,22,26H,4-5,8,13-14,17-18H2,1H3,(H2,32,33,37). The van der Waals surface area contributed by atoms with Crippen LogP contribution >= 0.6 is 11.6 Å². The normalized spacial score (nSPS) is 17.6. The van der Waals surface area contributed by atoms with Gasteiger partial charge in [-0.2, -0.15) is 0 Å². The maximum Gasteiger partial charge on any atom is 0.319 e. The highest BCUT2D eigenvalue weighted by Gasteiger charge is 2.28. The van der Waals surface area contributed by atoms with Crippen LogP contribution in [-0.4, -0.2) is 48.0 Å².